The molecule has 0 fully saturated rings. The third-order valence-electron chi connectivity index (χ3n) is 3.70. The highest BCUT2D eigenvalue weighted by molar-refractivity contribution is 6.10. The molecule has 0 aliphatic carbocycles. The van der Waals surface area contributed by atoms with Crippen LogP contribution in [0.2, 0.25) is 0 Å². The monoisotopic (exact) mass is 273 g/mol. The molecule has 1 N–H and O–H groups in total. The van der Waals surface area contributed by atoms with Crippen LogP contribution in [0.25, 0.3) is 10.9 Å². The molecule has 20 heavy (non-hydrogen) atoms. The summed E-state index contributed by atoms with van der Waals surface area (Å²) in [7, 11) is 0. The lowest BCUT2D eigenvalue weighted by molar-refractivity contribution is 0.0696. The van der Waals surface area contributed by atoms with E-state index in [1.807, 2.05) is 17.6 Å². The Balaban J connectivity index is 2.89. The van der Waals surface area contributed by atoms with Crippen molar-refractivity contribution < 1.29 is 14.7 Å². The van der Waals surface area contributed by atoms with Crippen LogP contribution in [0, 0.1) is 13.8 Å². The number of carbonyl (C=O) groups is 2. The van der Waals surface area contributed by atoms with Gasteiger partial charge in [-0.15, -0.1) is 0 Å². The van der Waals surface area contributed by atoms with E-state index in [0.717, 1.165) is 29.6 Å². The second-order valence-electron chi connectivity index (χ2n) is 5.16. The van der Waals surface area contributed by atoms with E-state index in [1.54, 1.807) is 19.9 Å². The maximum absolute atomic E-state index is 11.9. The van der Waals surface area contributed by atoms with Crippen molar-refractivity contribution in [2.45, 2.75) is 40.7 Å². The summed E-state index contributed by atoms with van der Waals surface area (Å²) in [6.07, 6.45) is 0.929. The van der Waals surface area contributed by atoms with Gasteiger partial charge in [0.15, 0.2) is 5.78 Å². The summed E-state index contributed by atoms with van der Waals surface area (Å²) in [6, 6.07) is 3.50. The molecule has 1 aromatic heterocycles. The first-order valence-electron chi connectivity index (χ1n) is 6.76. The summed E-state index contributed by atoms with van der Waals surface area (Å²) in [5.41, 5.74) is 3.42. The first-order chi connectivity index (χ1) is 9.38. The van der Waals surface area contributed by atoms with Gasteiger partial charge in [-0.05, 0) is 44.9 Å². The zero-order chi connectivity index (χ0) is 15.0. The molecular formula is C16H19NO3. The fourth-order valence-corrected chi connectivity index (χ4v) is 2.82. The molecule has 0 spiro atoms. The second kappa shape index (κ2) is 5.12. The predicted octanol–water partition coefficient (Wildman–Crippen LogP) is 3.57. The van der Waals surface area contributed by atoms with Gasteiger partial charge in [-0.25, -0.2) is 4.79 Å². The van der Waals surface area contributed by atoms with E-state index in [9.17, 15) is 14.7 Å². The van der Waals surface area contributed by atoms with E-state index in [0.29, 0.717) is 16.7 Å². The lowest BCUT2D eigenvalue weighted by Gasteiger charge is -2.07. The Morgan fingerprint density at radius 2 is 1.90 bits per heavy atom. The molecule has 2 aromatic rings. The average molecular weight is 273 g/mol. The van der Waals surface area contributed by atoms with Crippen molar-refractivity contribution in [1.29, 1.82) is 0 Å². The molecule has 0 radical (unpaired) electrons. The largest absolute Gasteiger partial charge is 0.478 e. The summed E-state index contributed by atoms with van der Waals surface area (Å²) in [4.78, 5) is 23.2. The van der Waals surface area contributed by atoms with Crippen LogP contribution >= 0.6 is 0 Å². The maximum atomic E-state index is 11.9. The van der Waals surface area contributed by atoms with Crippen molar-refractivity contribution in [2.24, 2.45) is 0 Å². The number of fused-ring (bicyclic) bond motifs is 1. The summed E-state index contributed by atoms with van der Waals surface area (Å²) >= 11 is 0. The first-order valence-corrected chi connectivity index (χ1v) is 6.76. The normalized spacial score (nSPS) is 11.0. The minimum atomic E-state index is -0.935. The Hall–Kier alpha value is -2.10. The average Bonchev–Trinajstić information content (AvgIpc) is 2.61. The number of rotatable bonds is 4. The molecule has 4 heteroatoms. The number of aromatic nitrogens is 1. The lowest BCUT2D eigenvalue weighted by Crippen LogP contribution is -2.03. The molecule has 2 rings (SSSR count). The molecule has 4 nitrogen and oxygen atoms in total. The molecule has 0 saturated heterocycles. The van der Waals surface area contributed by atoms with E-state index in [-0.39, 0.29) is 5.78 Å². The first kappa shape index (κ1) is 14.3. The maximum Gasteiger partial charge on any atom is 0.336 e. The standard InChI is InChI=1S/C16H19NO3/c1-5-6-17-10(3)15(11(4)18)13-7-9(2)12(16(19)20)8-14(13)17/h7-8H,5-6H2,1-4H3,(H,19,20). The molecule has 0 saturated carbocycles. The Labute approximate surface area is 118 Å². The number of hydrogen-bond donors (Lipinski definition) is 1. The van der Waals surface area contributed by atoms with Crippen LogP contribution in [0.15, 0.2) is 12.1 Å². The SMILES string of the molecule is CCCn1c(C)c(C(C)=O)c2cc(C)c(C(=O)O)cc21. The van der Waals surface area contributed by atoms with Crippen LogP contribution in [-0.2, 0) is 6.54 Å². The van der Waals surface area contributed by atoms with Crippen molar-refractivity contribution in [3.05, 3.63) is 34.5 Å². The molecular weight excluding hydrogens is 254 g/mol. The quantitative estimate of drug-likeness (QED) is 0.866. The van der Waals surface area contributed by atoms with Crippen molar-refractivity contribution >= 4 is 22.7 Å². The summed E-state index contributed by atoms with van der Waals surface area (Å²) in [6.45, 7) is 8.07. The van der Waals surface area contributed by atoms with Crippen LogP contribution < -0.4 is 0 Å². The topological polar surface area (TPSA) is 59.3 Å². The fraction of sp³-hybridized carbons (Fsp3) is 0.375. The number of hydrogen-bond acceptors (Lipinski definition) is 2. The van der Waals surface area contributed by atoms with Gasteiger partial charge in [-0.2, -0.15) is 0 Å². The number of carbonyl (C=O) groups excluding carboxylic acids is 1. The Morgan fingerprint density at radius 3 is 2.40 bits per heavy atom. The van der Waals surface area contributed by atoms with Gasteiger partial charge in [0.2, 0.25) is 0 Å². The second-order valence-corrected chi connectivity index (χ2v) is 5.16. The van der Waals surface area contributed by atoms with Gasteiger partial charge in [0.05, 0.1) is 5.56 Å². The van der Waals surface area contributed by atoms with Gasteiger partial charge < -0.3 is 9.67 Å². The van der Waals surface area contributed by atoms with Crippen LogP contribution in [-0.4, -0.2) is 21.4 Å². The minimum absolute atomic E-state index is 0.0184. The molecule has 106 valence electrons. The van der Waals surface area contributed by atoms with E-state index >= 15 is 0 Å². The van der Waals surface area contributed by atoms with Crippen LogP contribution in [0.1, 0.15) is 52.2 Å². The molecule has 0 amide bonds. The van der Waals surface area contributed by atoms with Crippen LogP contribution in [0.4, 0.5) is 0 Å². The van der Waals surface area contributed by atoms with Crippen molar-refractivity contribution in [3.8, 4) is 0 Å². The number of nitrogens with zero attached hydrogens (tertiary/aromatic N) is 1. The van der Waals surface area contributed by atoms with Crippen LogP contribution in [0.3, 0.4) is 0 Å². The highest BCUT2D eigenvalue weighted by Crippen LogP contribution is 2.29. The minimum Gasteiger partial charge on any atom is -0.478 e. The molecule has 0 aliphatic rings. The van der Waals surface area contributed by atoms with E-state index < -0.39 is 5.97 Å². The Kier molecular flexibility index (Phi) is 3.66. The Bertz CT molecular complexity index is 710. The highest BCUT2D eigenvalue weighted by atomic mass is 16.4. The zero-order valence-electron chi connectivity index (χ0n) is 12.3. The van der Waals surface area contributed by atoms with E-state index in [4.69, 9.17) is 0 Å². The van der Waals surface area contributed by atoms with Gasteiger partial charge in [0.25, 0.3) is 0 Å². The summed E-state index contributed by atoms with van der Waals surface area (Å²) < 4.78 is 2.04. The van der Waals surface area contributed by atoms with Crippen LogP contribution in [0.5, 0.6) is 0 Å². The number of carboxylic acids is 1. The lowest BCUT2D eigenvalue weighted by atomic mass is 10.0. The zero-order valence-corrected chi connectivity index (χ0v) is 12.3. The number of carboxylic acid groups (broad SMARTS) is 1. The van der Waals surface area contributed by atoms with Gasteiger partial charge in [-0.1, -0.05) is 6.92 Å². The van der Waals surface area contributed by atoms with Crippen molar-refractivity contribution in [3.63, 3.8) is 0 Å². The van der Waals surface area contributed by atoms with E-state index in [1.165, 1.54) is 0 Å². The number of Topliss-reactive ketones (excluding diaryl/α,β-unsaturated/α-hetero) is 1. The van der Waals surface area contributed by atoms with E-state index in [2.05, 4.69) is 6.92 Å². The number of benzene rings is 1. The molecule has 0 atom stereocenters. The molecule has 0 aliphatic heterocycles. The van der Waals surface area contributed by atoms with Gasteiger partial charge in [0, 0.05) is 28.7 Å². The third-order valence-corrected chi connectivity index (χ3v) is 3.70. The Morgan fingerprint density at radius 1 is 1.25 bits per heavy atom. The van der Waals surface area contributed by atoms with Crippen molar-refractivity contribution in [1.82, 2.24) is 4.57 Å². The van der Waals surface area contributed by atoms with Gasteiger partial charge >= 0.3 is 5.97 Å². The number of aromatic carboxylic acids is 1. The molecule has 0 unspecified atom stereocenters. The van der Waals surface area contributed by atoms with Gasteiger partial charge in [-0.3, -0.25) is 4.79 Å². The smallest absolute Gasteiger partial charge is 0.336 e. The summed E-state index contributed by atoms with van der Waals surface area (Å²) in [5.74, 6) is -0.916. The summed E-state index contributed by atoms with van der Waals surface area (Å²) in [5, 5.41) is 10.1. The fourth-order valence-electron chi connectivity index (χ4n) is 2.82. The number of ketones is 1. The molecule has 0 bridgehead atoms. The highest BCUT2D eigenvalue weighted by Gasteiger charge is 2.19. The van der Waals surface area contributed by atoms with Crippen molar-refractivity contribution in [2.75, 3.05) is 0 Å². The number of aryl methyl sites for hydroxylation is 2. The predicted molar refractivity (Wildman–Crippen MR) is 78.7 cm³/mol. The molecule has 1 aromatic carbocycles. The van der Waals surface area contributed by atoms with Gasteiger partial charge in [0.1, 0.15) is 0 Å². The molecule has 1 heterocycles. The third kappa shape index (κ3) is 2.11.